The molecule has 1 N–H and O–H groups in total. The minimum absolute atomic E-state index is 0.532. The van der Waals surface area contributed by atoms with Gasteiger partial charge in [-0.1, -0.05) is 13.3 Å². The fraction of sp³-hybridized carbons (Fsp3) is 0.800. The lowest BCUT2D eigenvalue weighted by Crippen LogP contribution is -2.15. The molecule has 0 aromatic rings. The monoisotopic (exact) mass is 162 g/mol. The summed E-state index contributed by atoms with van der Waals surface area (Å²) in [6, 6.07) is 0. The lowest BCUT2D eigenvalue weighted by Gasteiger charge is -1.97. The van der Waals surface area contributed by atoms with Gasteiger partial charge in [0.05, 0.1) is 0 Å². The molecule has 58 valence electrons. The summed E-state index contributed by atoms with van der Waals surface area (Å²) >= 11 is -1.91. The molecule has 0 radical (unpaired) electrons. The smallest absolute Gasteiger partial charge is 0.275 e. The van der Waals surface area contributed by atoms with E-state index in [0.29, 0.717) is 6.42 Å². The van der Waals surface area contributed by atoms with E-state index >= 15 is 0 Å². The predicted molar refractivity (Wildman–Crippen MR) is 39.2 cm³/mol. The summed E-state index contributed by atoms with van der Waals surface area (Å²) in [5.74, 6) is 0. The van der Waals surface area contributed by atoms with Gasteiger partial charge in [-0.25, -0.2) is 4.21 Å². The van der Waals surface area contributed by atoms with Crippen LogP contribution < -0.4 is 0 Å². The Morgan fingerprint density at radius 3 is 2.80 bits per heavy atom. The molecule has 2 atom stereocenters. The van der Waals surface area contributed by atoms with Crippen LogP contribution in [0.2, 0.25) is 0 Å². The van der Waals surface area contributed by atoms with Crippen molar-refractivity contribution in [3.05, 3.63) is 5.53 Å². The molecule has 0 aromatic heterocycles. The topological polar surface area (TPSA) is 73.7 Å². The zero-order chi connectivity index (χ0) is 7.98. The summed E-state index contributed by atoms with van der Waals surface area (Å²) in [7, 11) is 0. The third-order valence-electron chi connectivity index (χ3n) is 1.07. The average Bonchev–Trinajstić information content (AvgIpc) is 1.87. The Morgan fingerprint density at radius 2 is 2.50 bits per heavy atom. The quantitative estimate of drug-likeness (QED) is 0.285. The van der Waals surface area contributed by atoms with Crippen LogP contribution >= 0.6 is 0 Å². The van der Waals surface area contributed by atoms with Crippen molar-refractivity contribution in [2.75, 3.05) is 0 Å². The maximum atomic E-state index is 10.4. The fourth-order valence-corrected chi connectivity index (χ4v) is 1.18. The number of hydrogen-bond donors (Lipinski definition) is 1. The molecule has 10 heavy (non-hydrogen) atoms. The van der Waals surface area contributed by atoms with E-state index < -0.39 is 16.3 Å². The first-order valence-corrected chi connectivity index (χ1v) is 4.16. The van der Waals surface area contributed by atoms with Gasteiger partial charge in [-0.2, -0.15) is 4.79 Å². The van der Waals surface area contributed by atoms with Gasteiger partial charge in [0.1, 0.15) is 0 Å². The van der Waals surface area contributed by atoms with E-state index in [1.165, 1.54) is 0 Å². The van der Waals surface area contributed by atoms with Crippen LogP contribution in [-0.2, 0) is 11.1 Å². The maximum absolute atomic E-state index is 10.4. The second kappa shape index (κ2) is 5.29. The van der Waals surface area contributed by atoms with Gasteiger partial charge in [-0.3, -0.25) is 0 Å². The third-order valence-corrected chi connectivity index (χ3v) is 1.94. The number of rotatable bonds is 4. The van der Waals surface area contributed by atoms with Gasteiger partial charge in [0.25, 0.3) is 6.21 Å². The normalized spacial score (nSPS) is 15.4. The van der Waals surface area contributed by atoms with Crippen molar-refractivity contribution in [3.63, 3.8) is 0 Å². The Balaban J connectivity index is 3.97. The lowest BCUT2D eigenvalue weighted by atomic mass is 10.3. The van der Waals surface area contributed by atoms with E-state index in [9.17, 15) is 4.21 Å². The molecule has 0 aliphatic carbocycles. The van der Waals surface area contributed by atoms with Crippen LogP contribution in [0.25, 0.3) is 5.53 Å². The molecule has 0 heterocycles. The highest BCUT2D eigenvalue weighted by atomic mass is 32.2. The molecule has 0 aliphatic heterocycles. The first-order valence-electron chi connectivity index (χ1n) is 2.99. The maximum Gasteiger partial charge on any atom is 0.275 e. The van der Waals surface area contributed by atoms with Gasteiger partial charge in [-0.15, -0.1) is 0 Å². The molecule has 0 rings (SSSR count). The van der Waals surface area contributed by atoms with Gasteiger partial charge in [0.2, 0.25) is 0 Å². The summed E-state index contributed by atoms with van der Waals surface area (Å²) in [5.41, 5.74) is 8.04. The summed E-state index contributed by atoms with van der Waals surface area (Å²) in [5, 5.41) is -0.532. The molecule has 0 saturated carbocycles. The van der Waals surface area contributed by atoms with Crippen molar-refractivity contribution < 1.29 is 13.6 Å². The molecular formula is C5H10N2O2S. The van der Waals surface area contributed by atoms with Gasteiger partial charge < -0.3 is 10.1 Å². The molecule has 0 aliphatic rings. The van der Waals surface area contributed by atoms with Crippen LogP contribution in [0.15, 0.2) is 0 Å². The Bertz CT molecular complexity index is 163. The van der Waals surface area contributed by atoms with E-state index in [-0.39, 0.29) is 0 Å². The molecule has 5 heteroatoms. The molecule has 4 nitrogen and oxygen atoms in total. The Labute approximate surface area is 62.2 Å². The van der Waals surface area contributed by atoms with E-state index in [4.69, 9.17) is 10.1 Å². The van der Waals surface area contributed by atoms with Crippen molar-refractivity contribution in [1.29, 1.82) is 0 Å². The number of hydrogen-bond acceptors (Lipinski definition) is 1. The first-order chi connectivity index (χ1) is 4.72. The minimum Gasteiger partial charge on any atom is -0.362 e. The van der Waals surface area contributed by atoms with Gasteiger partial charge in [0.15, 0.2) is 16.3 Å². The van der Waals surface area contributed by atoms with Crippen LogP contribution in [0.5, 0.6) is 0 Å². The summed E-state index contributed by atoms with van der Waals surface area (Å²) < 4.78 is 18.9. The zero-order valence-electron chi connectivity index (χ0n) is 5.73. The Hall–Kier alpha value is -0.510. The van der Waals surface area contributed by atoms with Gasteiger partial charge in [0, 0.05) is 0 Å². The van der Waals surface area contributed by atoms with Gasteiger partial charge in [-0.05, 0) is 6.42 Å². The van der Waals surface area contributed by atoms with Gasteiger partial charge >= 0.3 is 0 Å². The highest BCUT2D eigenvalue weighted by molar-refractivity contribution is 7.80. The second-order valence-corrected chi connectivity index (χ2v) is 3.03. The summed E-state index contributed by atoms with van der Waals surface area (Å²) in [6.07, 6.45) is 2.44. The fourth-order valence-electron chi connectivity index (χ4n) is 0.586. The highest BCUT2D eigenvalue weighted by Crippen LogP contribution is 1.99. The first kappa shape index (κ1) is 9.49. The highest BCUT2D eigenvalue weighted by Gasteiger charge is 2.14. The molecule has 0 spiro atoms. The second-order valence-electron chi connectivity index (χ2n) is 1.87. The predicted octanol–water partition coefficient (Wildman–Crippen LogP) is 0.677. The van der Waals surface area contributed by atoms with Crippen LogP contribution in [0.3, 0.4) is 0 Å². The summed E-state index contributed by atoms with van der Waals surface area (Å²) in [4.78, 5) is 2.70. The Kier molecular flexibility index (Phi) is 5.02. The van der Waals surface area contributed by atoms with Crippen molar-refractivity contribution in [3.8, 4) is 0 Å². The number of nitrogens with zero attached hydrogens (tertiary/aromatic N) is 2. The largest absolute Gasteiger partial charge is 0.362 e. The molecule has 0 aromatic carbocycles. The van der Waals surface area contributed by atoms with Crippen LogP contribution in [0.4, 0.5) is 0 Å². The lowest BCUT2D eigenvalue weighted by molar-refractivity contribution is 0.00104. The third kappa shape index (κ3) is 3.50. The van der Waals surface area contributed by atoms with Crippen molar-refractivity contribution in [2.24, 2.45) is 0 Å². The summed E-state index contributed by atoms with van der Waals surface area (Å²) in [6.45, 7) is 1.89. The SMILES string of the molecule is CCCC(C=[N+]=[N-])S(=O)O. The Morgan fingerprint density at radius 1 is 1.90 bits per heavy atom. The molecule has 0 saturated heterocycles. The standard InChI is InChI=1S/C5H10N2O2S/c1-2-3-5(4-7-6)10(8)9/h4-5H,2-3H2,1H3,(H,8,9). The van der Waals surface area contributed by atoms with Crippen LogP contribution in [-0.4, -0.2) is 25.0 Å². The van der Waals surface area contributed by atoms with Crippen molar-refractivity contribution in [2.45, 2.75) is 25.0 Å². The molecule has 2 unspecified atom stereocenters. The molecule has 0 amide bonds. The minimum atomic E-state index is -1.91. The van der Waals surface area contributed by atoms with E-state index in [1.807, 2.05) is 6.92 Å². The van der Waals surface area contributed by atoms with Crippen LogP contribution in [0.1, 0.15) is 19.8 Å². The zero-order valence-corrected chi connectivity index (χ0v) is 6.54. The average molecular weight is 162 g/mol. The molecular weight excluding hydrogens is 152 g/mol. The van der Waals surface area contributed by atoms with E-state index in [0.717, 1.165) is 12.6 Å². The van der Waals surface area contributed by atoms with Crippen molar-refractivity contribution in [1.82, 2.24) is 0 Å². The van der Waals surface area contributed by atoms with Crippen molar-refractivity contribution >= 4 is 17.3 Å². The molecule has 0 fully saturated rings. The van der Waals surface area contributed by atoms with Crippen LogP contribution in [0, 0.1) is 0 Å². The molecule has 0 bridgehead atoms. The van der Waals surface area contributed by atoms with E-state index in [1.54, 1.807) is 0 Å². The van der Waals surface area contributed by atoms with E-state index in [2.05, 4.69) is 4.79 Å².